The minimum Gasteiger partial charge on any atom is -0.477 e. The summed E-state index contributed by atoms with van der Waals surface area (Å²) in [5.41, 5.74) is 0.587. The molecule has 140 valence electrons. The number of hydrogen-bond acceptors (Lipinski definition) is 5. The summed E-state index contributed by atoms with van der Waals surface area (Å²) in [6.45, 7) is 9.81. The fourth-order valence-corrected chi connectivity index (χ4v) is 3.17. The van der Waals surface area contributed by atoms with Crippen molar-refractivity contribution in [2.45, 2.75) is 19.8 Å². The fraction of sp³-hybridized carbons (Fsp3) is 0.500. The van der Waals surface area contributed by atoms with Gasteiger partial charge in [0, 0.05) is 38.3 Å². The Hall–Kier alpha value is -2.18. The maximum atomic E-state index is 12.0. The van der Waals surface area contributed by atoms with Gasteiger partial charge in [-0.1, -0.05) is 25.1 Å². The first-order chi connectivity index (χ1) is 12.8. The molecule has 1 saturated heterocycles. The molecule has 1 aliphatic heterocycles. The van der Waals surface area contributed by atoms with Crippen molar-refractivity contribution in [2.24, 2.45) is 0 Å². The zero-order valence-corrected chi connectivity index (χ0v) is 15.5. The molecule has 0 amide bonds. The Balaban J connectivity index is 1.42. The van der Waals surface area contributed by atoms with Crippen molar-refractivity contribution in [3.05, 3.63) is 52.8 Å². The molecule has 1 aromatic carbocycles. The second-order valence-corrected chi connectivity index (χ2v) is 6.59. The van der Waals surface area contributed by atoms with Gasteiger partial charge in [0.05, 0.1) is 12.3 Å². The molecule has 1 fully saturated rings. The SMILES string of the molecule is CCN1CCN(CCCCOc2ccc(=O)n(-c3ccccc3)n2)CC1. The number of unbranched alkanes of at least 4 members (excludes halogenated alkanes) is 1. The number of rotatable bonds is 8. The van der Waals surface area contributed by atoms with Crippen LogP contribution in [-0.2, 0) is 0 Å². The number of likely N-dealkylation sites (N-methyl/N-ethyl adjacent to an activating group) is 1. The summed E-state index contributed by atoms with van der Waals surface area (Å²) in [5, 5.41) is 4.31. The van der Waals surface area contributed by atoms with Crippen LogP contribution in [0.3, 0.4) is 0 Å². The molecule has 3 rings (SSSR count). The lowest BCUT2D eigenvalue weighted by Gasteiger charge is -2.33. The summed E-state index contributed by atoms with van der Waals surface area (Å²) in [6, 6.07) is 12.5. The Morgan fingerprint density at radius 3 is 2.42 bits per heavy atom. The highest BCUT2D eigenvalue weighted by molar-refractivity contribution is 5.30. The van der Waals surface area contributed by atoms with Gasteiger partial charge in [-0.05, 0) is 38.1 Å². The lowest BCUT2D eigenvalue weighted by Crippen LogP contribution is -2.46. The fourth-order valence-electron chi connectivity index (χ4n) is 3.17. The van der Waals surface area contributed by atoms with Crippen LogP contribution in [0.15, 0.2) is 47.3 Å². The number of piperazine rings is 1. The van der Waals surface area contributed by atoms with E-state index in [1.807, 2.05) is 30.3 Å². The maximum Gasteiger partial charge on any atom is 0.271 e. The van der Waals surface area contributed by atoms with Crippen LogP contribution in [0.1, 0.15) is 19.8 Å². The molecular weight excluding hydrogens is 328 g/mol. The van der Waals surface area contributed by atoms with E-state index in [0.717, 1.165) is 44.7 Å². The zero-order valence-electron chi connectivity index (χ0n) is 15.5. The van der Waals surface area contributed by atoms with Crippen molar-refractivity contribution >= 4 is 0 Å². The predicted octanol–water partition coefficient (Wildman–Crippen LogP) is 2.03. The molecule has 2 heterocycles. The van der Waals surface area contributed by atoms with Gasteiger partial charge in [-0.25, -0.2) is 0 Å². The Morgan fingerprint density at radius 2 is 1.69 bits per heavy atom. The monoisotopic (exact) mass is 356 g/mol. The Kier molecular flexibility index (Phi) is 6.80. The zero-order chi connectivity index (χ0) is 18.2. The van der Waals surface area contributed by atoms with Crippen molar-refractivity contribution in [1.82, 2.24) is 19.6 Å². The molecule has 1 aliphatic rings. The van der Waals surface area contributed by atoms with E-state index in [9.17, 15) is 4.79 Å². The highest BCUT2D eigenvalue weighted by Crippen LogP contribution is 2.08. The third kappa shape index (κ3) is 5.16. The molecule has 0 radical (unpaired) electrons. The normalized spacial score (nSPS) is 15.9. The summed E-state index contributed by atoms with van der Waals surface area (Å²) < 4.78 is 7.13. The van der Waals surface area contributed by atoms with E-state index in [2.05, 4.69) is 21.8 Å². The van der Waals surface area contributed by atoms with Gasteiger partial charge in [-0.3, -0.25) is 4.79 Å². The highest BCUT2D eigenvalue weighted by Gasteiger charge is 2.14. The standard InChI is InChI=1S/C20H28N4O2/c1-2-22-13-15-23(16-14-22)12-6-7-17-26-19-10-11-20(25)24(21-19)18-8-4-3-5-9-18/h3-5,8-11H,2,6-7,12-17H2,1H3. The van der Waals surface area contributed by atoms with Gasteiger partial charge < -0.3 is 14.5 Å². The lowest BCUT2D eigenvalue weighted by atomic mass is 10.2. The first kappa shape index (κ1) is 18.6. The number of benzene rings is 1. The highest BCUT2D eigenvalue weighted by atomic mass is 16.5. The third-order valence-electron chi connectivity index (χ3n) is 4.81. The van der Waals surface area contributed by atoms with Crippen LogP contribution in [0, 0.1) is 0 Å². The maximum absolute atomic E-state index is 12.0. The molecule has 0 unspecified atom stereocenters. The first-order valence-corrected chi connectivity index (χ1v) is 9.49. The van der Waals surface area contributed by atoms with Gasteiger partial charge in [-0.2, -0.15) is 4.68 Å². The van der Waals surface area contributed by atoms with Crippen LogP contribution in [0.2, 0.25) is 0 Å². The summed E-state index contributed by atoms with van der Waals surface area (Å²) in [6.07, 6.45) is 2.10. The van der Waals surface area contributed by atoms with Gasteiger partial charge in [0.25, 0.3) is 5.56 Å². The van der Waals surface area contributed by atoms with Crippen molar-refractivity contribution in [3.63, 3.8) is 0 Å². The summed E-state index contributed by atoms with van der Waals surface area (Å²) in [7, 11) is 0. The predicted molar refractivity (Wildman–Crippen MR) is 103 cm³/mol. The van der Waals surface area contributed by atoms with Crippen LogP contribution in [0.4, 0.5) is 0 Å². The summed E-state index contributed by atoms with van der Waals surface area (Å²) in [5.74, 6) is 0.491. The third-order valence-corrected chi connectivity index (χ3v) is 4.81. The van der Waals surface area contributed by atoms with Crippen LogP contribution >= 0.6 is 0 Å². The molecule has 6 nitrogen and oxygen atoms in total. The second kappa shape index (κ2) is 9.50. The van der Waals surface area contributed by atoms with Crippen LogP contribution < -0.4 is 10.3 Å². The average molecular weight is 356 g/mol. The van der Waals surface area contributed by atoms with Gasteiger partial charge in [-0.15, -0.1) is 5.10 Å². The van der Waals surface area contributed by atoms with Crippen molar-refractivity contribution in [3.8, 4) is 11.6 Å². The van der Waals surface area contributed by atoms with E-state index in [1.165, 1.54) is 23.8 Å². The van der Waals surface area contributed by atoms with Crippen molar-refractivity contribution < 1.29 is 4.74 Å². The smallest absolute Gasteiger partial charge is 0.271 e. The minimum absolute atomic E-state index is 0.158. The quantitative estimate of drug-likeness (QED) is 0.678. The Bertz CT molecular complexity index is 724. The number of para-hydroxylation sites is 1. The van der Waals surface area contributed by atoms with Crippen LogP contribution in [0.25, 0.3) is 5.69 Å². The second-order valence-electron chi connectivity index (χ2n) is 6.59. The van der Waals surface area contributed by atoms with E-state index in [4.69, 9.17) is 4.74 Å². The van der Waals surface area contributed by atoms with Crippen LogP contribution in [-0.4, -0.2) is 65.5 Å². The average Bonchev–Trinajstić information content (AvgIpc) is 2.70. The molecule has 0 spiro atoms. The van der Waals surface area contributed by atoms with Crippen molar-refractivity contribution in [1.29, 1.82) is 0 Å². The van der Waals surface area contributed by atoms with Gasteiger partial charge in [0.2, 0.25) is 5.88 Å². The summed E-state index contributed by atoms with van der Waals surface area (Å²) in [4.78, 5) is 17.0. The Morgan fingerprint density at radius 1 is 0.962 bits per heavy atom. The van der Waals surface area contributed by atoms with Crippen molar-refractivity contribution in [2.75, 3.05) is 45.9 Å². The molecule has 0 saturated carbocycles. The number of nitrogens with zero attached hydrogens (tertiary/aromatic N) is 4. The molecule has 2 aromatic rings. The van der Waals surface area contributed by atoms with Crippen LogP contribution in [0.5, 0.6) is 5.88 Å². The van der Waals surface area contributed by atoms with E-state index in [-0.39, 0.29) is 5.56 Å². The molecule has 0 bridgehead atoms. The Labute approximate surface area is 155 Å². The molecule has 1 aromatic heterocycles. The van der Waals surface area contributed by atoms with Gasteiger partial charge in [0.1, 0.15) is 0 Å². The first-order valence-electron chi connectivity index (χ1n) is 9.49. The minimum atomic E-state index is -0.158. The molecule has 26 heavy (non-hydrogen) atoms. The molecule has 0 aliphatic carbocycles. The number of aromatic nitrogens is 2. The van der Waals surface area contributed by atoms with Gasteiger partial charge in [0.15, 0.2) is 0 Å². The van der Waals surface area contributed by atoms with E-state index in [0.29, 0.717) is 12.5 Å². The number of hydrogen-bond donors (Lipinski definition) is 0. The van der Waals surface area contributed by atoms with E-state index >= 15 is 0 Å². The number of ether oxygens (including phenoxy) is 1. The largest absolute Gasteiger partial charge is 0.477 e. The van der Waals surface area contributed by atoms with E-state index < -0.39 is 0 Å². The molecule has 6 heteroatoms. The molecule has 0 N–H and O–H groups in total. The molecule has 0 atom stereocenters. The molecular formula is C20H28N4O2. The lowest BCUT2D eigenvalue weighted by molar-refractivity contribution is 0.134. The summed E-state index contributed by atoms with van der Waals surface area (Å²) >= 11 is 0. The van der Waals surface area contributed by atoms with Gasteiger partial charge >= 0.3 is 0 Å². The van der Waals surface area contributed by atoms with E-state index in [1.54, 1.807) is 6.07 Å². The topological polar surface area (TPSA) is 50.6 Å².